The lowest BCUT2D eigenvalue weighted by molar-refractivity contribution is -0.126. The Bertz CT molecular complexity index is 1250. The first-order valence-electron chi connectivity index (χ1n) is 13.1. The molecule has 2 aromatic heterocycles. The number of ether oxygens (including phenoxy) is 1. The number of hydrogen-bond acceptors (Lipinski definition) is 5. The summed E-state index contributed by atoms with van der Waals surface area (Å²) in [7, 11) is 4.16. The van der Waals surface area contributed by atoms with E-state index in [1.165, 1.54) is 12.0 Å². The van der Waals surface area contributed by atoms with Crippen molar-refractivity contribution in [1.82, 2.24) is 20.2 Å². The van der Waals surface area contributed by atoms with Gasteiger partial charge in [0.1, 0.15) is 17.9 Å². The number of aromatic nitrogens is 2. The minimum atomic E-state index is 0.104. The maximum Gasteiger partial charge on any atom is 0.223 e. The summed E-state index contributed by atoms with van der Waals surface area (Å²) >= 11 is 6.55. The number of benzene rings is 1. The predicted molar refractivity (Wildman–Crippen MR) is 150 cm³/mol. The molecule has 1 unspecified atom stereocenters. The fraction of sp³-hybridized carbons (Fsp3) is 0.433. The van der Waals surface area contributed by atoms with Crippen LogP contribution in [0.3, 0.4) is 0 Å². The van der Waals surface area contributed by atoms with E-state index >= 15 is 0 Å². The molecule has 1 fully saturated rings. The van der Waals surface area contributed by atoms with E-state index in [1.54, 1.807) is 12.4 Å². The Morgan fingerprint density at radius 1 is 1.27 bits per heavy atom. The maximum absolute atomic E-state index is 12.7. The standard InChI is InChI=1S/C30H37ClN4O2/c1-5-10-27(35(3)4)24-15-20(2)34-29-23(24)13-9-14-28(29)37-19-25-22(16-32-18-26(25)31)17-33-30(36)21-11-7-6-8-12-21/h5,9,13-16,18,21,27H,1,6-8,10-12,17,19H2,2-4H3,(H,33,36). The van der Waals surface area contributed by atoms with Gasteiger partial charge in [-0.25, -0.2) is 4.98 Å². The minimum Gasteiger partial charge on any atom is -0.487 e. The number of fused-ring (bicyclic) bond motifs is 1. The second kappa shape index (κ2) is 12.5. The van der Waals surface area contributed by atoms with Gasteiger partial charge in [-0.1, -0.05) is 49.1 Å². The highest BCUT2D eigenvalue weighted by molar-refractivity contribution is 6.31. The molecule has 1 atom stereocenters. The Kier molecular flexibility index (Phi) is 9.17. The molecule has 0 radical (unpaired) electrons. The summed E-state index contributed by atoms with van der Waals surface area (Å²) in [6.07, 6.45) is 11.6. The van der Waals surface area contributed by atoms with Gasteiger partial charge in [-0.3, -0.25) is 9.78 Å². The highest BCUT2D eigenvalue weighted by atomic mass is 35.5. The van der Waals surface area contributed by atoms with Crippen LogP contribution < -0.4 is 10.1 Å². The van der Waals surface area contributed by atoms with Crippen LogP contribution in [0.4, 0.5) is 0 Å². The highest BCUT2D eigenvalue weighted by Gasteiger charge is 2.22. The number of nitrogens with one attached hydrogen (secondary N) is 1. The van der Waals surface area contributed by atoms with Gasteiger partial charge in [0.05, 0.1) is 5.02 Å². The van der Waals surface area contributed by atoms with Gasteiger partial charge in [0.15, 0.2) is 0 Å². The molecule has 0 spiro atoms. The Hall–Kier alpha value is -2.96. The van der Waals surface area contributed by atoms with Gasteiger partial charge in [0, 0.05) is 47.5 Å². The number of aryl methyl sites for hydroxylation is 1. The summed E-state index contributed by atoms with van der Waals surface area (Å²) in [5.41, 5.74) is 4.64. The number of rotatable bonds is 10. The molecule has 1 N–H and O–H groups in total. The van der Waals surface area contributed by atoms with Crippen molar-refractivity contribution in [1.29, 1.82) is 0 Å². The summed E-state index contributed by atoms with van der Waals surface area (Å²) in [4.78, 5) is 24.0. The van der Waals surface area contributed by atoms with Crippen LogP contribution in [-0.4, -0.2) is 34.9 Å². The van der Waals surface area contributed by atoms with E-state index in [0.29, 0.717) is 17.3 Å². The number of halogens is 1. The Morgan fingerprint density at radius 3 is 2.78 bits per heavy atom. The van der Waals surface area contributed by atoms with Crippen molar-refractivity contribution < 1.29 is 9.53 Å². The van der Waals surface area contributed by atoms with E-state index in [9.17, 15) is 4.79 Å². The number of pyridine rings is 2. The second-order valence-corrected chi connectivity index (χ2v) is 10.5. The van der Waals surface area contributed by atoms with Crippen molar-refractivity contribution >= 4 is 28.4 Å². The van der Waals surface area contributed by atoms with E-state index in [2.05, 4.69) is 48.0 Å². The topological polar surface area (TPSA) is 67.4 Å². The molecule has 4 rings (SSSR count). The number of nitrogens with zero attached hydrogens (tertiary/aromatic N) is 3. The number of carbonyl (C=O) groups is 1. The largest absolute Gasteiger partial charge is 0.487 e. The quantitative estimate of drug-likeness (QED) is 0.307. The van der Waals surface area contributed by atoms with Gasteiger partial charge in [-0.2, -0.15) is 0 Å². The van der Waals surface area contributed by atoms with Crippen LogP contribution in [-0.2, 0) is 17.9 Å². The van der Waals surface area contributed by atoms with Crippen LogP contribution in [0.5, 0.6) is 5.75 Å². The smallest absolute Gasteiger partial charge is 0.223 e. The summed E-state index contributed by atoms with van der Waals surface area (Å²) < 4.78 is 6.34. The molecular formula is C30H37ClN4O2. The molecule has 6 nitrogen and oxygen atoms in total. The predicted octanol–water partition coefficient (Wildman–Crippen LogP) is 6.55. The lowest BCUT2D eigenvalue weighted by Crippen LogP contribution is -2.31. The first-order chi connectivity index (χ1) is 17.9. The van der Waals surface area contributed by atoms with Crippen LogP contribution >= 0.6 is 11.6 Å². The molecule has 37 heavy (non-hydrogen) atoms. The zero-order valence-corrected chi connectivity index (χ0v) is 22.9. The number of amides is 1. The van der Waals surface area contributed by atoms with Gasteiger partial charge < -0.3 is 15.0 Å². The number of carbonyl (C=O) groups excluding carboxylic acids is 1. The molecule has 1 aromatic carbocycles. The molecule has 0 saturated heterocycles. The van der Waals surface area contributed by atoms with Gasteiger partial charge in [0.2, 0.25) is 5.91 Å². The average molecular weight is 521 g/mol. The van der Waals surface area contributed by atoms with Gasteiger partial charge in [0.25, 0.3) is 0 Å². The van der Waals surface area contributed by atoms with Crippen molar-refractivity contribution in [3.63, 3.8) is 0 Å². The summed E-state index contributed by atoms with van der Waals surface area (Å²) in [5.74, 6) is 0.915. The number of para-hydroxylation sites is 1. The molecule has 3 aromatic rings. The third-order valence-electron chi connectivity index (χ3n) is 7.23. The third-order valence-corrected chi connectivity index (χ3v) is 7.56. The molecule has 0 aliphatic heterocycles. The van der Waals surface area contributed by atoms with Crippen LogP contribution in [0.1, 0.15) is 67.0 Å². The average Bonchev–Trinajstić information content (AvgIpc) is 2.89. The van der Waals surface area contributed by atoms with E-state index in [-0.39, 0.29) is 24.5 Å². The molecule has 1 saturated carbocycles. The zero-order valence-electron chi connectivity index (χ0n) is 22.1. The molecule has 0 bridgehead atoms. The molecule has 1 aliphatic rings. The van der Waals surface area contributed by atoms with E-state index in [0.717, 1.165) is 59.8 Å². The fourth-order valence-corrected chi connectivity index (χ4v) is 5.44. The van der Waals surface area contributed by atoms with E-state index in [1.807, 2.05) is 25.1 Å². The molecule has 2 heterocycles. The highest BCUT2D eigenvalue weighted by Crippen LogP contribution is 2.34. The first kappa shape index (κ1) is 27.1. The minimum absolute atomic E-state index is 0.104. The number of hydrogen-bond donors (Lipinski definition) is 1. The summed E-state index contributed by atoms with van der Waals surface area (Å²) in [6.45, 7) is 6.59. The van der Waals surface area contributed by atoms with Crippen molar-refractivity contribution in [2.75, 3.05) is 14.1 Å². The normalized spacial score (nSPS) is 15.1. The van der Waals surface area contributed by atoms with Crippen molar-refractivity contribution in [3.05, 3.63) is 76.7 Å². The monoisotopic (exact) mass is 520 g/mol. The van der Waals surface area contributed by atoms with Gasteiger partial charge in [-0.15, -0.1) is 6.58 Å². The van der Waals surface area contributed by atoms with E-state index < -0.39 is 0 Å². The summed E-state index contributed by atoms with van der Waals surface area (Å²) in [6, 6.07) is 8.36. The SMILES string of the molecule is C=CCC(c1cc(C)nc2c(OCc3c(Cl)cncc3CNC(=O)C3CCCCC3)cccc12)N(C)C. The summed E-state index contributed by atoms with van der Waals surface area (Å²) in [5, 5.41) is 4.68. The van der Waals surface area contributed by atoms with Crippen LogP contribution in [0.15, 0.2) is 49.3 Å². The van der Waals surface area contributed by atoms with E-state index in [4.69, 9.17) is 21.3 Å². The lowest BCUT2D eigenvalue weighted by Gasteiger charge is -2.25. The van der Waals surface area contributed by atoms with Crippen LogP contribution in [0.2, 0.25) is 5.02 Å². The van der Waals surface area contributed by atoms with Crippen molar-refractivity contribution in [2.45, 2.75) is 64.6 Å². The fourth-order valence-electron chi connectivity index (χ4n) is 5.21. The second-order valence-electron chi connectivity index (χ2n) is 10.1. The molecule has 1 aliphatic carbocycles. The molecule has 1 amide bonds. The Balaban J connectivity index is 1.57. The lowest BCUT2D eigenvalue weighted by atomic mass is 9.88. The molecular weight excluding hydrogens is 484 g/mol. The zero-order chi connectivity index (χ0) is 26.4. The van der Waals surface area contributed by atoms with Crippen molar-refractivity contribution in [2.24, 2.45) is 5.92 Å². The van der Waals surface area contributed by atoms with Crippen LogP contribution in [0, 0.1) is 12.8 Å². The van der Waals surface area contributed by atoms with Gasteiger partial charge >= 0.3 is 0 Å². The maximum atomic E-state index is 12.7. The van der Waals surface area contributed by atoms with Crippen LogP contribution in [0.25, 0.3) is 10.9 Å². The van der Waals surface area contributed by atoms with Crippen molar-refractivity contribution in [3.8, 4) is 5.75 Å². The first-order valence-corrected chi connectivity index (χ1v) is 13.5. The molecule has 7 heteroatoms. The molecule has 196 valence electrons. The third kappa shape index (κ3) is 6.49. The van der Waals surface area contributed by atoms with Gasteiger partial charge in [-0.05, 0) is 63.5 Å². The Morgan fingerprint density at radius 2 is 2.05 bits per heavy atom. The Labute approximate surface area is 225 Å².